The lowest BCUT2D eigenvalue weighted by Gasteiger charge is -2.11. The molecule has 0 spiro atoms. The van der Waals surface area contributed by atoms with Gasteiger partial charge in [-0.1, -0.05) is 30.3 Å². The minimum absolute atomic E-state index is 0.0515. The van der Waals surface area contributed by atoms with Crippen LogP contribution in [0.1, 0.15) is 5.56 Å². The molecule has 0 amide bonds. The molecule has 2 aromatic carbocycles. The van der Waals surface area contributed by atoms with Crippen LogP contribution in [0.15, 0.2) is 48.7 Å². The van der Waals surface area contributed by atoms with E-state index in [2.05, 4.69) is 30.4 Å². The van der Waals surface area contributed by atoms with Crippen LogP contribution in [0.3, 0.4) is 0 Å². The van der Waals surface area contributed by atoms with Crippen LogP contribution in [-0.4, -0.2) is 49.2 Å². The van der Waals surface area contributed by atoms with Crippen LogP contribution in [0, 0.1) is 11.6 Å². The first-order valence-corrected chi connectivity index (χ1v) is 9.03. The van der Waals surface area contributed by atoms with Crippen LogP contribution in [0.25, 0.3) is 28.5 Å². The maximum Gasteiger partial charge on any atom is 0.209 e. The minimum Gasteiger partial charge on any atom is -0.382 e. The van der Waals surface area contributed by atoms with E-state index in [1.54, 1.807) is 0 Å². The highest BCUT2D eigenvalue weighted by Gasteiger charge is 2.20. The van der Waals surface area contributed by atoms with E-state index in [9.17, 15) is 8.78 Å². The zero-order chi connectivity index (χ0) is 21.3. The average Bonchev–Trinajstić information content (AvgIpc) is 3.20. The molecule has 0 unspecified atom stereocenters. The van der Waals surface area contributed by atoms with Gasteiger partial charge in [0.2, 0.25) is 5.82 Å². The van der Waals surface area contributed by atoms with Gasteiger partial charge in [0.15, 0.2) is 23.1 Å². The van der Waals surface area contributed by atoms with Crippen LogP contribution in [0.4, 0.5) is 14.6 Å². The molecule has 10 heteroatoms. The standard InChI is InChI=1S/C20H18F2N8/c1-29(2)11-12-6-8-13(9-7-12)15-10-24-19(23)18(25-15)20-26-27-28-30(20)16-5-3-4-14(21)17(16)22/h3-10H,11H2,1-2H3,(H2,23,24). The summed E-state index contributed by atoms with van der Waals surface area (Å²) in [6.45, 7) is 0.812. The highest BCUT2D eigenvalue weighted by Crippen LogP contribution is 2.27. The van der Waals surface area contributed by atoms with Gasteiger partial charge in [-0.3, -0.25) is 0 Å². The Kier molecular flexibility index (Phi) is 5.15. The Bertz CT molecular complexity index is 1190. The van der Waals surface area contributed by atoms with Crippen LogP contribution in [0.2, 0.25) is 0 Å². The largest absolute Gasteiger partial charge is 0.382 e. The zero-order valence-electron chi connectivity index (χ0n) is 16.3. The van der Waals surface area contributed by atoms with E-state index < -0.39 is 11.6 Å². The first kappa shape index (κ1) is 19.5. The molecule has 4 aromatic rings. The van der Waals surface area contributed by atoms with Crippen molar-refractivity contribution in [2.45, 2.75) is 6.54 Å². The minimum atomic E-state index is -1.08. The number of nitrogen functional groups attached to an aromatic ring is 1. The summed E-state index contributed by atoms with van der Waals surface area (Å²) in [5, 5.41) is 11.2. The van der Waals surface area contributed by atoms with Crippen molar-refractivity contribution in [2.75, 3.05) is 19.8 Å². The van der Waals surface area contributed by atoms with E-state index in [-0.39, 0.29) is 23.0 Å². The predicted octanol–water partition coefficient (Wildman–Crippen LogP) is 2.71. The second kappa shape index (κ2) is 7.91. The van der Waals surface area contributed by atoms with E-state index in [0.29, 0.717) is 5.69 Å². The normalized spacial score (nSPS) is 11.2. The molecule has 0 radical (unpaired) electrons. The Morgan fingerprint density at radius 1 is 1.07 bits per heavy atom. The second-order valence-electron chi connectivity index (χ2n) is 6.91. The molecule has 4 rings (SSSR count). The Morgan fingerprint density at radius 2 is 1.83 bits per heavy atom. The molecule has 2 heterocycles. The molecule has 0 aliphatic carbocycles. The molecule has 0 fully saturated rings. The first-order chi connectivity index (χ1) is 14.4. The van der Waals surface area contributed by atoms with E-state index in [1.807, 2.05) is 38.4 Å². The lowest BCUT2D eigenvalue weighted by Crippen LogP contribution is -2.10. The summed E-state index contributed by atoms with van der Waals surface area (Å²) in [6.07, 6.45) is 1.54. The number of nitrogens with two attached hydrogens (primary N) is 1. The van der Waals surface area contributed by atoms with Crippen molar-refractivity contribution in [1.82, 2.24) is 35.1 Å². The van der Waals surface area contributed by atoms with Crippen molar-refractivity contribution in [3.8, 4) is 28.5 Å². The Labute approximate surface area is 171 Å². The second-order valence-corrected chi connectivity index (χ2v) is 6.91. The summed E-state index contributed by atoms with van der Waals surface area (Å²) in [4.78, 5) is 10.8. The number of hydrogen-bond donors (Lipinski definition) is 1. The Balaban J connectivity index is 1.76. The number of rotatable bonds is 5. The van der Waals surface area contributed by atoms with E-state index in [4.69, 9.17) is 5.73 Å². The first-order valence-electron chi connectivity index (χ1n) is 9.03. The van der Waals surface area contributed by atoms with Gasteiger partial charge in [0.05, 0.1) is 11.9 Å². The molecular weight excluding hydrogens is 390 g/mol. The number of nitrogens with zero attached hydrogens (tertiary/aromatic N) is 7. The van der Waals surface area contributed by atoms with Crippen molar-refractivity contribution in [1.29, 1.82) is 0 Å². The Morgan fingerprint density at radius 3 is 2.57 bits per heavy atom. The molecule has 2 aromatic heterocycles. The lowest BCUT2D eigenvalue weighted by atomic mass is 10.1. The van der Waals surface area contributed by atoms with Gasteiger partial charge < -0.3 is 10.6 Å². The summed E-state index contributed by atoms with van der Waals surface area (Å²) in [6, 6.07) is 11.6. The Hall–Kier alpha value is -3.79. The van der Waals surface area contributed by atoms with Crippen LogP contribution < -0.4 is 5.73 Å². The number of tetrazole rings is 1. The maximum absolute atomic E-state index is 14.3. The molecule has 0 bridgehead atoms. The van der Waals surface area contributed by atoms with Crippen molar-refractivity contribution in [3.05, 3.63) is 65.9 Å². The molecule has 0 saturated carbocycles. The molecule has 0 aliphatic rings. The van der Waals surface area contributed by atoms with E-state index in [1.165, 1.54) is 18.3 Å². The van der Waals surface area contributed by atoms with Gasteiger partial charge in [-0.05, 0) is 42.2 Å². The third kappa shape index (κ3) is 3.72. The van der Waals surface area contributed by atoms with Gasteiger partial charge in [0.1, 0.15) is 5.69 Å². The van der Waals surface area contributed by atoms with Crippen LogP contribution in [0.5, 0.6) is 0 Å². The van der Waals surface area contributed by atoms with Crippen LogP contribution >= 0.6 is 0 Å². The van der Waals surface area contributed by atoms with Crippen molar-refractivity contribution < 1.29 is 8.78 Å². The van der Waals surface area contributed by atoms with Crippen molar-refractivity contribution >= 4 is 5.82 Å². The number of halogens is 2. The fourth-order valence-corrected chi connectivity index (χ4v) is 3.00. The number of benzene rings is 2. The highest BCUT2D eigenvalue weighted by molar-refractivity contribution is 5.69. The van der Waals surface area contributed by atoms with Gasteiger partial charge in [-0.15, -0.1) is 5.10 Å². The van der Waals surface area contributed by atoms with E-state index >= 15 is 0 Å². The molecule has 0 aliphatic heterocycles. The van der Waals surface area contributed by atoms with Crippen molar-refractivity contribution in [2.24, 2.45) is 0 Å². The molecule has 8 nitrogen and oxygen atoms in total. The number of anilines is 1. The SMILES string of the molecule is CN(C)Cc1ccc(-c2cnc(N)c(-c3nnnn3-c3cccc(F)c3F)n2)cc1. The molecule has 2 N–H and O–H groups in total. The van der Waals surface area contributed by atoms with Crippen LogP contribution in [-0.2, 0) is 6.54 Å². The maximum atomic E-state index is 14.3. The summed E-state index contributed by atoms with van der Waals surface area (Å²) >= 11 is 0. The lowest BCUT2D eigenvalue weighted by molar-refractivity contribution is 0.402. The van der Waals surface area contributed by atoms with Gasteiger partial charge in [0.25, 0.3) is 0 Å². The number of aromatic nitrogens is 6. The summed E-state index contributed by atoms with van der Waals surface area (Å²) in [5.74, 6) is -1.98. The predicted molar refractivity (Wildman–Crippen MR) is 107 cm³/mol. The summed E-state index contributed by atoms with van der Waals surface area (Å²) in [5.41, 5.74) is 8.52. The quantitative estimate of drug-likeness (QED) is 0.542. The summed E-state index contributed by atoms with van der Waals surface area (Å²) < 4.78 is 29.0. The van der Waals surface area contributed by atoms with Gasteiger partial charge in [0, 0.05) is 12.1 Å². The smallest absolute Gasteiger partial charge is 0.209 e. The molecule has 0 saturated heterocycles. The highest BCUT2D eigenvalue weighted by atomic mass is 19.2. The number of hydrogen-bond acceptors (Lipinski definition) is 7. The third-order valence-electron chi connectivity index (χ3n) is 4.39. The molecule has 30 heavy (non-hydrogen) atoms. The average molecular weight is 408 g/mol. The van der Waals surface area contributed by atoms with Gasteiger partial charge in [-0.25, -0.2) is 18.7 Å². The van der Waals surface area contributed by atoms with Crippen molar-refractivity contribution in [3.63, 3.8) is 0 Å². The monoisotopic (exact) mass is 408 g/mol. The molecular formula is C20H18F2N8. The van der Waals surface area contributed by atoms with E-state index in [0.717, 1.165) is 28.4 Å². The van der Waals surface area contributed by atoms with Gasteiger partial charge in [-0.2, -0.15) is 4.68 Å². The molecule has 0 atom stereocenters. The summed E-state index contributed by atoms with van der Waals surface area (Å²) in [7, 11) is 3.99. The fourth-order valence-electron chi connectivity index (χ4n) is 3.00. The van der Waals surface area contributed by atoms with Gasteiger partial charge >= 0.3 is 0 Å². The third-order valence-corrected chi connectivity index (χ3v) is 4.39. The molecule has 152 valence electrons. The zero-order valence-corrected chi connectivity index (χ0v) is 16.3. The topological polar surface area (TPSA) is 98.6 Å². The fraction of sp³-hybridized carbons (Fsp3) is 0.150.